The van der Waals surface area contributed by atoms with Crippen molar-refractivity contribution in [3.63, 3.8) is 0 Å². The van der Waals surface area contributed by atoms with E-state index < -0.39 is 5.69 Å². The third kappa shape index (κ3) is 3.72. The maximum absolute atomic E-state index is 12.7. The Kier molecular flexibility index (Phi) is 5.16. The summed E-state index contributed by atoms with van der Waals surface area (Å²) in [6.45, 7) is 5.06. The fraction of sp³-hybridized carbons (Fsp3) is 0.529. The molecule has 25 heavy (non-hydrogen) atoms. The van der Waals surface area contributed by atoms with E-state index in [0.717, 1.165) is 43.7 Å². The average molecular weight is 345 g/mol. The zero-order valence-electron chi connectivity index (χ0n) is 14.6. The molecule has 3 aromatic rings. The summed E-state index contributed by atoms with van der Waals surface area (Å²) in [5, 5.41) is 3.85. The number of aromatic nitrogens is 5. The van der Waals surface area contributed by atoms with Crippen LogP contribution in [0.1, 0.15) is 44.1 Å². The Balaban J connectivity index is 1.74. The van der Waals surface area contributed by atoms with Gasteiger partial charge in [-0.1, -0.05) is 18.5 Å². The molecule has 0 aliphatic carbocycles. The number of rotatable bonds is 8. The van der Waals surface area contributed by atoms with E-state index in [1.807, 2.05) is 17.6 Å². The molecule has 0 aliphatic rings. The highest BCUT2D eigenvalue weighted by Gasteiger charge is 2.13. The molecule has 3 aromatic heterocycles. The number of hydrogen-bond acceptors (Lipinski definition) is 5. The molecule has 3 rings (SSSR count). The van der Waals surface area contributed by atoms with E-state index in [4.69, 9.17) is 4.52 Å². The van der Waals surface area contributed by atoms with Crippen LogP contribution in [-0.2, 0) is 19.5 Å². The number of aryl methyl sites for hydroxylation is 3. The Bertz CT molecular complexity index is 963. The summed E-state index contributed by atoms with van der Waals surface area (Å²) in [5.41, 5.74) is 1.00. The maximum Gasteiger partial charge on any atom is 0.330 e. The third-order valence-corrected chi connectivity index (χ3v) is 4.24. The molecule has 0 radical (unpaired) electrons. The zero-order valence-corrected chi connectivity index (χ0v) is 14.6. The van der Waals surface area contributed by atoms with Gasteiger partial charge in [0.2, 0.25) is 0 Å². The molecule has 0 aromatic carbocycles. The first-order valence-corrected chi connectivity index (χ1v) is 8.70. The molecule has 0 atom stereocenters. The van der Waals surface area contributed by atoms with Crippen molar-refractivity contribution in [3.8, 4) is 0 Å². The van der Waals surface area contributed by atoms with Gasteiger partial charge in [-0.05, 0) is 26.2 Å². The Morgan fingerprint density at radius 1 is 1.20 bits per heavy atom. The van der Waals surface area contributed by atoms with Crippen LogP contribution in [-0.4, -0.2) is 24.3 Å². The highest BCUT2D eigenvalue weighted by Crippen LogP contribution is 2.08. The first kappa shape index (κ1) is 17.2. The smallest absolute Gasteiger partial charge is 0.330 e. The quantitative estimate of drug-likeness (QED) is 0.630. The second-order valence-electron chi connectivity index (χ2n) is 6.27. The average Bonchev–Trinajstić information content (AvgIpc) is 3.18. The molecule has 0 spiro atoms. The highest BCUT2D eigenvalue weighted by atomic mass is 16.5. The molecule has 0 saturated carbocycles. The minimum Gasteiger partial charge on any atom is -0.361 e. The summed E-state index contributed by atoms with van der Waals surface area (Å²) < 4.78 is 8.25. The van der Waals surface area contributed by atoms with E-state index in [1.165, 1.54) is 4.57 Å². The minimum absolute atomic E-state index is 0.275. The van der Waals surface area contributed by atoms with Crippen molar-refractivity contribution < 1.29 is 4.52 Å². The predicted octanol–water partition coefficient (Wildman–Crippen LogP) is 2.01. The molecule has 0 saturated heterocycles. The molecular weight excluding hydrogens is 322 g/mol. The van der Waals surface area contributed by atoms with Crippen LogP contribution in [0.15, 0.2) is 26.5 Å². The Labute approximate surface area is 144 Å². The maximum atomic E-state index is 12.7. The minimum atomic E-state index is -0.409. The summed E-state index contributed by atoms with van der Waals surface area (Å²) in [5.74, 6) is 0.826. The van der Waals surface area contributed by atoms with Crippen LogP contribution < -0.4 is 11.2 Å². The number of aromatic amines is 1. The molecular formula is C17H23N5O3. The van der Waals surface area contributed by atoms with Gasteiger partial charge in [0, 0.05) is 25.6 Å². The van der Waals surface area contributed by atoms with E-state index in [2.05, 4.69) is 22.0 Å². The molecule has 0 amide bonds. The molecule has 0 fully saturated rings. The van der Waals surface area contributed by atoms with E-state index in [1.54, 1.807) is 6.33 Å². The van der Waals surface area contributed by atoms with Crippen LogP contribution in [0.5, 0.6) is 0 Å². The lowest BCUT2D eigenvalue weighted by Crippen LogP contribution is -2.35. The number of hydrogen-bond donors (Lipinski definition) is 1. The summed E-state index contributed by atoms with van der Waals surface area (Å²) >= 11 is 0. The van der Waals surface area contributed by atoms with Crippen molar-refractivity contribution in [1.29, 1.82) is 0 Å². The lowest BCUT2D eigenvalue weighted by Gasteiger charge is -2.06. The highest BCUT2D eigenvalue weighted by molar-refractivity contribution is 5.69. The summed E-state index contributed by atoms with van der Waals surface area (Å²) in [6.07, 6.45) is 5.86. The Hall–Kier alpha value is -2.64. The predicted molar refractivity (Wildman–Crippen MR) is 93.7 cm³/mol. The van der Waals surface area contributed by atoms with Gasteiger partial charge in [0.1, 0.15) is 5.76 Å². The van der Waals surface area contributed by atoms with Crippen LogP contribution in [0.2, 0.25) is 0 Å². The van der Waals surface area contributed by atoms with Crippen molar-refractivity contribution in [3.05, 3.63) is 44.7 Å². The number of fused-ring (bicyclic) bond motifs is 1. The van der Waals surface area contributed by atoms with Gasteiger partial charge in [-0.2, -0.15) is 0 Å². The number of nitrogens with zero attached hydrogens (tertiary/aromatic N) is 4. The number of nitrogens with one attached hydrogen (secondary N) is 1. The second kappa shape index (κ2) is 7.50. The van der Waals surface area contributed by atoms with E-state index in [0.29, 0.717) is 24.1 Å². The van der Waals surface area contributed by atoms with Crippen LogP contribution in [0, 0.1) is 6.92 Å². The van der Waals surface area contributed by atoms with Crippen LogP contribution in [0.3, 0.4) is 0 Å². The molecule has 0 aliphatic heterocycles. The molecule has 0 bridgehead atoms. The number of unbranched alkanes of at least 4 members (excludes halogenated alkanes) is 2. The van der Waals surface area contributed by atoms with Gasteiger partial charge < -0.3 is 9.09 Å². The summed E-state index contributed by atoms with van der Waals surface area (Å²) in [7, 11) is 0. The van der Waals surface area contributed by atoms with Crippen molar-refractivity contribution in [2.24, 2.45) is 0 Å². The standard InChI is InChI=1S/C17H23N5O3/c1-3-4-8-21-11-18-15-14(21)16(23)22(17(24)19-15)9-6-5-7-13-10-12(2)20-25-13/h10-11H,3-9H2,1-2H3,(H,19,24). The number of imidazole rings is 1. The second-order valence-corrected chi connectivity index (χ2v) is 6.27. The van der Waals surface area contributed by atoms with Crippen molar-refractivity contribution in [2.45, 2.75) is 59.0 Å². The monoisotopic (exact) mass is 345 g/mol. The van der Waals surface area contributed by atoms with Crippen LogP contribution in [0.4, 0.5) is 0 Å². The Morgan fingerprint density at radius 2 is 2.04 bits per heavy atom. The zero-order chi connectivity index (χ0) is 17.8. The molecule has 1 N–H and O–H groups in total. The van der Waals surface area contributed by atoms with Gasteiger partial charge >= 0.3 is 5.69 Å². The molecule has 134 valence electrons. The van der Waals surface area contributed by atoms with E-state index in [9.17, 15) is 9.59 Å². The Morgan fingerprint density at radius 3 is 2.76 bits per heavy atom. The van der Waals surface area contributed by atoms with Crippen molar-refractivity contribution in [1.82, 2.24) is 24.3 Å². The first-order valence-electron chi connectivity index (χ1n) is 8.70. The SMILES string of the molecule is CCCCn1cnc2[nH]c(=O)n(CCCCc3cc(C)no3)c(=O)c21. The van der Waals surface area contributed by atoms with Gasteiger partial charge in [-0.3, -0.25) is 14.3 Å². The van der Waals surface area contributed by atoms with Gasteiger partial charge in [-0.15, -0.1) is 0 Å². The summed E-state index contributed by atoms with van der Waals surface area (Å²) in [6, 6.07) is 1.90. The first-order chi connectivity index (χ1) is 12.1. The lowest BCUT2D eigenvalue weighted by atomic mass is 10.2. The van der Waals surface area contributed by atoms with E-state index >= 15 is 0 Å². The third-order valence-electron chi connectivity index (χ3n) is 4.24. The molecule has 8 nitrogen and oxygen atoms in total. The fourth-order valence-corrected chi connectivity index (χ4v) is 2.89. The number of H-pyrrole nitrogens is 1. The lowest BCUT2D eigenvalue weighted by molar-refractivity contribution is 0.374. The molecule has 8 heteroatoms. The van der Waals surface area contributed by atoms with E-state index in [-0.39, 0.29) is 5.56 Å². The fourth-order valence-electron chi connectivity index (χ4n) is 2.89. The normalized spacial score (nSPS) is 11.4. The van der Waals surface area contributed by atoms with Gasteiger partial charge in [0.05, 0.1) is 12.0 Å². The molecule has 0 unspecified atom stereocenters. The van der Waals surface area contributed by atoms with Gasteiger partial charge in [-0.25, -0.2) is 9.78 Å². The van der Waals surface area contributed by atoms with Crippen molar-refractivity contribution in [2.75, 3.05) is 0 Å². The topological polar surface area (TPSA) is 98.7 Å². The molecule has 3 heterocycles. The van der Waals surface area contributed by atoms with Gasteiger partial charge in [0.15, 0.2) is 11.2 Å². The largest absolute Gasteiger partial charge is 0.361 e. The summed E-state index contributed by atoms with van der Waals surface area (Å²) in [4.78, 5) is 31.7. The van der Waals surface area contributed by atoms with Gasteiger partial charge in [0.25, 0.3) is 5.56 Å². The van der Waals surface area contributed by atoms with Crippen molar-refractivity contribution >= 4 is 11.2 Å². The van der Waals surface area contributed by atoms with Crippen LogP contribution >= 0.6 is 0 Å². The van der Waals surface area contributed by atoms with Crippen LogP contribution in [0.25, 0.3) is 11.2 Å².